The van der Waals surface area contributed by atoms with Gasteiger partial charge >= 0.3 is 0 Å². The van der Waals surface area contributed by atoms with Crippen LogP contribution in [0.15, 0.2) is 84.6 Å². The molecule has 2 aliphatic rings. The minimum Gasteiger partial charge on any atom is -0.372 e. The smallest absolute Gasteiger partial charge is 0.282 e. The van der Waals surface area contributed by atoms with Crippen LogP contribution >= 0.6 is 0 Å². The van der Waals surface area contributed by atoms with Crippen molar-refractivity contribution in [2.24, 2.45) is 0 Å². The number of imide groups is 1. The topological polar surface area (TPSA) is 52.7 Å². The summed E-state index contributed by atoms with van der Waals surface area (Å²) in [5, 5.41) is 3.23. The molecule has 5 nitrogen and oxygen atoms in total. The minimum absolute atomic E-state index is 0.301. The van der Waals surface area contributed by atoms with Gasteiger partial charge in [-0.15, -0.1) is 0 Å². The number of hydrogen-bond acceptors (Lipinski definition) is 4. The summed E-state index contributed by atoms with van der Waals surface area (Å²) in [5.74, 6) is -0.658. The van der Waals surface area contributed by atoms with Crippen molar-refractivity contribution in [3.05, 3.63) is 95.7 Å². The molecule has 1 saturated heterocycles. The third-order valence-corrected chi connectivity index (χ3v) is 6.01. The van der Waals surface area contributed by atoms with Gasteiger partial charge in [0, 0.05) is 24.5 Å². The molecule has 3 aromatic carbocycles. The number of carbonyl (C=O) groups excluding carboxylic acids is 2. The van der Waals surface area contributed by atoms with Crippen LogP contribution in [-0.4, -0.2) is 24.9 Å². The largest absolute Gasteiger partial charge is 0.372 e. The number of amides is 2. The monoisotopic (exact) mass is 423 g/mol. The highest BCUT2D eigenvalue weighted by molar-refractivity contribution is 6.46. The zero-order valence-corrected chi connectivity index (χ0v) is 18.0. The lowest BCUT2D eigenvalue weighted by Crippen LogP contribution is -2.32. The fourth-order valence-corrected chi connectivity index (χ4v) is 4.41. The van der Waals surface area contributed by atoms with E-state index in [1.54, 1.807) is 0 Å². The van der Waals surface area contributed by atoms with Gasteiger partial charge < -0.3 is 10.2 Å². The first kappa shape index (κ1) is 20.1. The van der Waals surface area contributed by atoms with Gasteiger partial charge in [0.1, 0.15) is 5.70 Å². The molecule has 0 bridgehead atoms. The Kier molecular flexibility index (Phi) is 5.23. The van der Waals surface area contributed by atoms with E-state index in [1.807, 2.05) is 85.8 Å². The molecule has 0 aliphatic carbocycles. The molecule has 2 aliphatic heterocycles. The van der Waals surface area contributed by atoms with Gasteiger partial charge in [0.05, 0.1) is 11.3 Å². The zero-order chi connectivity index (χ0) is 22.1. The Morgan fingerprint density at radius 1 is 0.750 bits per heavy atom. The fourth-order valence-electron chi connectivity index (χ4n) is 4.41. The fraction of sp³-hybridized carbons (Fsp3) is 0.185. The molecule has 0 atom stereocenters. The van der Waals surface area contributed by atoms with Crippen molar-refractivity contribution >= 4 is 34.4 Å². The Hall–Kier alpha value is -3.86. The summed E-state index contributed by atoms with van der Waals surface area (Å²) in [6, 6.07) is 24.9. The summed E-state index contributed by atoms with van der Waals surface area (Å²) in [6.07, 6.45) is 2.40. The van der Waals surface area contributed by atoms with Gasteiger partial charge in [-0.05, 0) is 67.3 Å². The van der Waals surface area contributed by atoms with Crippen molar-refractivity contribution in [3.8, 4) is 0 Å². The first-order chi connectivity index (χ1) is 15.6. The van der Waals surface area contributed by atoms with E-state index in [4.69, 9.17) is 0 Å². The number of nitrogens with one attached hydrogen (secondary N) is 1. The lowest BCUT2D eigenvalue weighted by molar-refractivity contribution is -0.120. The van der Waals surface area contributed by atoms with Crippen LogP contribution in [0.3, 0.4) is 0 Å². The standard InChI is InChI=1S/C27H25N3O2/c1-19-8-7-11-21(18-19)28-25-24(20-9-3-2-4-10-20)26(31)30(27(25)32)23-14-12-22(13-15-23)29-16-5-6-17-29/h2-4,7-15,18,28H,5-6,16-17H2,1H3. The number of nitrogens with zero attached hydrogens (tertiary/aromatic N) is 2. The van der Waals surface area contributed by atoms with Crippen LogP contribution < -0.4 is 15.1 Å². The van der Waals surface area contributed by atoms with Gasteiger partial charge in [0.25, 0.3) is 11.8 Å². The first-order valence-electron chi connectivity index (χ1n) is 11.0. The van der Waals surface area contributed by atoms with Crippen LogP contribution in [0.25, 0.3) is 5.57 Å². The van der Waals surface area contributed by atoms with Crippen molar-refractivity contribution in [2.75, 3.05) is 28.2 Å². The Morgan fingerprint density at radius 3 is 2.12 bits per heavy atom. The van der Waals surface area contributed by atoms with E-state index in [2.05, 4.69) is 10.2 Å². The van der Waals surface area contributed by atoms with Crippen molar-refractivity contribution < 1.29 is 9.59 Å². The maximum atomic E-state index is 13.5. The Bertz CT molecular complexity index is 1190. The average Bonchev–Trinajstić information content (AvgIpc) is 3.42. The first-order valence-corrected chi connectivity index (χ1v) is 11.0. The molecule has 0 aromatic heterocycles. The molecule has 5 heteroatoms. The molecule has 0 unspecified atom stereocenters. The maximum absolute atomic E-state index is 13.5. The van der Waals surface area contributed by atoms with E-state index >= 15 is 0 Å². The van der Waals surface area contributed by atoms with Gasteiger partial charge in [-0.3, -0.25) is 9.59 Å². The Morgan fingerprint density at radius 2 is 1.44 bits per heavy atom. The lowest BCUT2D eigenvalue weighted by atomic mass is 10.0. The molecule has 2 amide bonds. The van der Waals surface area contributed by atoms with E-state index in [-0.39, 0.29) is 11.8 Å². The normalized spacial score (nSPS) is 16.3. The number of anilines is 3. The third-order valence-electron chi connectivity index (χ3n) is 6.01. The summed E-state index contributed by atoms with van der Waals surface area (Å²) in [4.78, 5) is 30.6. The van der Waals surface area contributed by atoms with E-state index < -0.39 is 0 Å². The number of hydrogen-bond donors (Lipinski definition) is 1. The molecule has 1 fully saturated rings. The molecule has 5 rings (SSSR count). The quantitative estimate of drug-likeness (QED) is 0.588. The van der Waals surface area contributed by atoms with Crippen LogP contribution in [0.1, 0.15) is 24.0 Å². The summed E-state index contributed by atoms with van der Waals surface area (Å²) in [5.41, 5.74) is 4.97. The van der Waals surface area contributed by atoms with Crippen LogP contribution in [0, 0.1) is 6.92 Å². The van der Waals surface area contributed by atoms with E-state index in [9.17, 15) is 9.59 Å². The van der Waals surface area contributed by atoms with Crippen molar-refractivity contribution in [3.63, 3.8) is 0 Å². The number of aryl methyl sites for hydroxylation is 1. The van der Waals surface area contributed by atoms with E-state index in [0.717, 1.165) is 35.6 Å². The van der Waals surface area contributed by atoms with Crippen LogP contribution in [0.2, 0.25) is 0 Å². The molecule has 0 radical (unpaired) electrons. The molecule has 2 heterocycles. The van der Waals surface area contributed by atoms with Crippen molar-refractivity contribution in [2.45, 2.75) is 19.8 Å². The molecular weight excluding hydrogens is 398 g/mol. The highest BCUT2D eigenvalue weighted by atomic mass is 16.2. The molecule has 1 N–H and O–H groups in total. The van der Waals surface area contributed by atoms with Crippen molar-refractivity contribution in [1.82, 2.24) is 0 Å². The van der Waals surface area contributed by atoms with Gasteiger partial charge in [0.2, 0.25) is 0 Å². The van der Waals surface area contributed by atoms with Crippen molar-refractivity contribution in [1.29, 1.82) is 0 Å². The predicted molar refractivity (Wildman–Crippen MR) is 129 cm³/mol. The molecule has 0 saturated carbocycles. The highest BCUT2D eigenvalue weighted by Gasteiger charge is 2.40. The second kappa shape index (κ2) is 8.35. The summed E-state index contributed by atoms with van der Waals surface area (Å²) in [6.45, 7) is 4.09. The summed E-state index contributed by atoms with van der Waals surface area (Å²) < 4.78 is 0. The second-order valence-corrected chi connectivity index (χ2v) is 8.27. The SMILES string of the molecule is Cc1cccc(NC2=C(c3ccccc3)C(=O)N(c3ccc(N4CCCC4)cc3)C2=O)c1. The summed E-state index contributed by atoms with van der Waals surface area (Å²) in [7, 11) is 0. The number of rotatable bonds is 5. The highest BCUT2D eigenvalue weighted by Crippen LogP contribution is 2.34. The lowest BCUT2D eigenvalue weighted by Gasteiger charge is -2.20. The predicted octanol–water partition coefficient (Wildman–Crippen LogP) is 4.99. The Labute approximate surface area is 188 Å². The van der Waals surface area contributed by atoms with Gasteiger partial charge in [-0.1, -0.05) is 42.5 Å². The molecule has 0 spiro atoms. The van der Waals surface area contributed by atoms with E-state index in [0.29, 0.717) is 17.0 Å². The molecule has 32 heavy (non-hydrogen) atoms. The molecule has 3 aromatic rings. The minimum atomic E-state index is -0.343. The Balaban J connectivity index is 1.51. The van der Waals surface area contributed by atoms with Gasteiger partial charge in [-0.2, -0.15) is 0 Å². The zero-order valence-electron chi connectivity index (χ0n) is 18.0. The maximum Gasteiger partial charge on any atom is 0.282 e. The summed E-state index contributed by atoms with van der Waals surface area (Å²) >= 11 is 0. The second-order valence-electron chi connectivity index (χ2n) is 8.27. The average molecular weight is 424 g/mol. The van der Waals surface area contributed by atoms with Crippen LogP contribution in [-0.2, 0) is 9.59 Å². The number of benzene rings is 3. The van der Waals surface area contributed by atoms with Crippen LogP contribution in [0.4, 0.5) is 17.1 Å². The number of carbonyl (C=O) groups is 2. The molecular formula is C27H25N3O2. The van der Waals surface area contributed by atoms with Crippen LogP contribution in [0.5, 0.6) is 0 Å². The molecule has 160 valence electrons. The third kappa shape index (κ3) is 3.66. The van der Waals surface area contributed by atoms with Gasteiger partial charge in [0.15, 0.2) is 0 Å². The van der Waals surface area contributed by atoms with Gasteiger partial charge in [-0.25, -0.2) is 4.90 Å². The van der Waals surface area contributed by atoms with E-state index in [1.165, 1.54) is 17.7 Å².